The van der Waals surface area contributed by atoms with Crippen LogP contribution >= 0.6 is 0 Å². The molecule has 1 aromatic heterocycles. The monoisotopic (exact) mass is 730 g/mol. The zero-order valence-electron chi connectivity index (χ0n) is 29.1. The van der Waals surface area contributed by atoms with Gasteiger partial charge in [0.15, 0.2) is 12.2 Å². The lowest BCUT2D eigenvalue weighted by atomic mass is 9.98. The van der Waals surface area contributed by atoms with E-state index in [4.69, 9.17) is 42.3 Å². The van der Waals surface area contributed by atoms with E-state index in [1.807, 2.05) is 0 Å². The second-order valence-corrected chi connectivity index (χ2v) is 11.6. The van der Waals surface area contributed by atoms with Crippen molar-refractivity contribution in [2.45, 2.75) is 85.0 Å². The largest absolute Gasteiger partial charge is 0.460 e. The molecule has 0 unspecified atom stereocenters. The van der Waals surface area contributed by atoms with E-state index in [2.05, 4.69) is 5.32 Å². The Kier molecular flexibility index (Phi) is 13.1. The molecule has 1 fully saturated rings. The van der Waals surface area contributed by atoms with Gasteiger partial charge in [0.25, 0.3) is 5.69 Å². The smallest absolute Gasteiger partial charge is 0.411 e. The molecular formula is C34H38N2O16. The van der Waals surface area contributed by atoms with Crippen LogP contribution in [-0.4, -0.2) is 84.9 Å². The summed E-state index contributed by atoms with van der Waals surface area (Å²) >= 11 is 0. The first-order valence-corrected chi connectivity index (χ1v) is 16.0. The Labute approximate surface area is 296 Å². The van der Waals surface area contributed by atoms with Gasteiger partial charge in [-0.15, -0.1) is 0 Å². The molecule has 0 bridgehead atoms. The van der Waals surface area contributed by atoms with Gasteiger partial charge in [-0.1, -0.05) is 0 Å². The number of nitro benzene ring substituents is 1. The molecular weight excluding hydrogens is 692 g/mol. The van der Waals surface area contributed by atoms with Crippen molar-refractivity contribution in [3.8, 4) is 5.75 Å². The SMILES string of the molecule is CCOC(=O)c1cc2c(O[C@@H]3O[C@H](COC(C)C)[C@H](OC(C)=O)[C@H](OC(C)=O)[C@H]3OC(C)=O)ccc(COC(=O)Nc3ccc([N+](=O)[O-])cc3)c2o1. The predicted octanol–water partition coefficient (Wildman–Crippen LogP) is 4.59. The number of nitrogens with zero attached hydrogens (tertiary/aromatic N) is 1. The number of non-ortho nitro benzene ring substituents is 1. The van der Waals surface area contributed by atoms with Crippen LogP contribution in [0.4, 0.5) is 16.2 Å². The molecule has 52 heavy (non-hydrogen) atoms. The highest BCUT2D eigenvalue weighted by Gasteiger charge is 2.53. The summed E-state index contributed by atoms with van der Waals surface area (Å²) in [5.74, 6) is -3.29. The van der Waals surface area contributed by atoms with E-state index in [9.17, 15) is 34.1 Å². The Balaban J connectivity index is 1.69. The molecule has 0 radical (unpaired) electrons. The maximum atomic E-state index is 12.7. The van der Waals surface area contributed by atoms with Gasteiger partial charge >= 0.3 is 30.0 Å². The fraction of sp³-hybridized carbons (Fsp3) is 0.441. The molecule has 2 aromatic carbocycles. The van der Waals surface area contributed by atoms with Crippen LogP contribution in [0.15, 0.2) is 46.9 Å². The quantitative estimate of drug-likeness (QED) is 0.103. The first-order valence-electron chi connectivity index (χ1n) is 16.0. The molecule has 0 saturated carbocycles. The third-order valence-corrected chi connectivity index (χ3v) is 7.22. The molecule has 2 heterocycles. The van der Waals surface area contributed by atoms with Gasteiger partial charge in [-0.3, -0.25) is 29.8 Å². The fourth-order valence-electron chi connectivity index (χ4n) is 5.13. The highest BCUT2D eigenvalue weighted by atomic mass is 16.7. The molecule has 18 nitrogen and oxygen atoms in total. The second kappa shape index (κ2) is 17.5. The van der Waals surface area contributed by atoms with Crippen molar-refractivity contribution in [3.05, 3.63) is 63.9 Å². The number of fused-ring (bicyclic) bond motifs is 1. The van der Waals surface area contributed by atoms with Crippen molar-refractivity contribution >= 4 is 52.3 Å². The number of anilines is 1. The van der Waals surface area contributed by atoms with Gasteiger partial charge in [-0.05, 0) is 45.0 Å². The van der Waals surface area contributed by atoms with Gasteiger partial charge in [0.1, 0.15) is 24.0 Å². The Morgan fingerprint density at radius 2 is 1.52 bits per heavy atom. The number of benzene rings is 2. The van der Waals surface area contributed by atoms with Crippen LogP contribution in [-0.2, 0) is 54.1 Å². The van der Waals surface area contributed by atoms with Crippen molar-refractivity contribution in [1.82, 2.24) is 0 Å². The van der Waals surface area contributed by atoms with E-state index >= 15 is 0 Å². The number of nitrogens with one attached hydrogen (secondary N) is 1. The minimum Gasteiger partial charge on any atom is -0.460 e. The number of rotatable bonds is 14. The maximum absolute atomic E-state index is 12.7. The van der Waals surface area contributed by atoms with Crippen LogP contribution in [0.1, 0.15) is 57.7 Å². The lowest BCUT2D eigenvalue weighted by molar-refractivity contribution is -0.384. The maximum Gasteiger partial charge on any atom is 0.411 e. The molecule has 1 saturated heterocycles. The van der Waals surface area contributed by atoms with Crippen LogP contribution in [0.25, 0.3) is 11.0 Å². The molecule has 1 amide bonds. The van der Waals surface area contributed by atoms with Crippen LogP contribution in [0.2, 0.25) is 0 Å². The molecule has 5 atom stereocenters. The number of nitro groups is 1. The summed E-state index contributed by atoms with van der Waals surface area (Å²) in [5, 5.41) is 13.6. The number of carbonyl (C=O) groups is 5. The molecule has 3 aromatic rings. The summed E-state index contributed by atoms with van der Waals surface area (Å²) in [6.45, 7) is 8.06. The zero-order valence-corrected chi connectivity index (χ0v) is 29.1. The van der Waals surface area contributed by atoms with Crippen LogP contribution in [0, 0.1) is 10.1 Å². The summed E-state index contributed by atoms with van der Waals surface area (Å²) < 4.78 is 51.0. The standard InChI is InChI=1S/C34H38N2O16/c1-7-44-32(40)26-14-24-25(13-8-21(28(24)50-26)15-46-34(41)35-22-9-11-23(12-10-22)36(42)43)51-33-31(49-20(6)39)30(48-19(5)38)29(47-18(4)37)27(52-33)16-45-17(2)3/h8-14,17,27,29-31,33H,7,15-16H2,1-6H3,(H,35,41)/t27-,29+,30+,31-,33-/m1/s1. The summed E-state index contributed by atoms with van der Waals surface area (Å²) in [6, 6.07) is 9.35. The average molecular weight is 731 g/mol. The minimum atomic E-state index is -1.50. The lowest BCUT2D eigenvalue weighted by Gasteiger charge is -2.44. The molecule has 0 spiro atoms. The van der Waals surface area contributed by atoms with Crippen LogP contribution < -0.4 is 10.1 Å². The van der Waals surface area contributed by atoms with Gasteiger partial charge < -0.3 is 42.3 Å². The second-order valence-electron chi connectivity index (χ2n) is 11.6. The summed E-state index contributed by atoms with van der Waals surface area (Å²) in [7, 11) is 0. The summed E-state index contributed by atoms with van der Waals surface area (Å²) in [6.07, 6.45) is -7.90. The Morgan fingerprint density at radius 1 is 0.885 bits per heavy atom. The van der Waals surface area contributed by atoms with Gasteiger partial charge in [0.2, 0.25) is 18.2 Å². The highest BCUT2D eigenvalue weighted by molar-refractivity contribution is 5.96. The summed E-state index contributed by atoms with van der Waals surface area (Å²) in [4.78, 5) is 72.3. The number of carbonyl (C=O) groups excluding carboxylic acids is 5. The Hall–Kier alpha value is -5.75. The molecule has 280 valence electrons. The fourth-order valence-corrected chi connectivity index (χ4v) is 5.13. The topological polar surface area (TPSA) is 228 Å². The van der Waals surface area contributed by atoms with Crippen molar-refractivity contribution in [2.75, 3.05) is 18.5 Å². The van der Waals surface area contributed by atoms with E-state index in [-0.39, 0.29) is 65.3 Å². The van der Waals surface area contributed by atoms with Gasteiger partial charge in [-0.25, -0.2) is 9.59 Å². The Bertz CT molecular complexity index is 1790. The van der Waals surface area contributed by atoms with Crippen molar-refractivity contribution < 1.29 is 71.2 Å². The van der Waals surface area contributed by atoms with E-state index in [0.29, 0.717) is 0 Å². The molecule has 1 aliphatic rings. The van der Waals surface area contributed by atoms with Crippen molar-refractivity contribution in [2.24, 2.45) is 0 Å². The first kappa shape index (κ1) is 39.0. The van der Waals surface area contributed by atoms with Crippen molar-refractivity contribution in [1.29, 1.82) is 0 Å². The van der Waals surface area contributed by atoms with Gasteiger partial charge in [-0.2, -0.15) is 0 Å². The normalized spacial score (nSPS) is 19.7. The molecule has 0 aliphatic carbocycles. The molecule has 1 aliphatic heterocycles. The van der Waals surface area contributed by atoms with E-state index in [1.165, 1.54) is 42.5 Å². The van der Waals surface area contributed by atoms with Crippen LogP contribution in [0.5, 0.6) is 5.75 Å². The third-order valence-electron chi connectivity index (χ3n) is 7.22. The predicted molar refractivity (Wildman–Crippen MR) is 176 cm³/mol. The number of hydrogen-bond donors (Lipinski definition) is 1. The van der Waals surface area contributed by atoms with Crippen molar-refractivity contribution in [3.63, 3.8) is 0 Å². The van der Waals surface area contributed by atoms with Gasteiger partial charge in [0, 0.05) is 50.2 Å². The van der Waals surface area contributed by atoms with Gasteiger partial charge in [0.05, 0.1) is 29.6 Å². The minimum absolute atomic E-state index is 0.0339. The summed E-state index contributed by atoms with van der Waals surface area (Å²) in [5.41, 5.74) is 0.412. The number of amides is 1. The van der Waals surface area contributed by atoms with E-state index in [0.717, 1.165) is 20.8 Å². The number of ether oxygens (including phenoxy) is 8. The van der Waals surface area contributed by atoms with E-state index in [1.54, 1.807) is 20.8 Å². The molecule has 1 N–H and O–H groups in total. The zero-order chi connectivity index (χ0) is 38.1. The number of furan rings is 1. The lowest BCUT2D eigenvalue weighted by Crippen LogP contribution is -2.63. The first-order chi connectivity index (χ1) is 24.7. The highest BCUT2D eigenvalue weighted by Crippen LogP contribution is 2.37. The van der Waals surface area contributed by atoms with Crippen LogP contribution in [0.3, 0.4) is 0 Å². The third kappa shape index (κ3) is 10.2. The number of hydrogen-bond acceptors (Lipinski definition) is 16. The Morgan fingerprint density at radius 3 is 2.12 bits per heavy atom. The molecule has 4 rings (SSSR count). The average Bonchev–Trinajstić information content (AvgIpc) is 3.52. The van der Waals surface area contributed by atoms with E-state index < -0.39 is 65.6 Å². The number of esters is 4. The molecule has 18 heteroatoms.